The Balaban J connectivity index is 1.63. The van der Waals surface area contributed by atoms with Gasteiger partial charge in [-0.2, -0.15) is 4.37 Å². The van der Waals surface area contributed by atoms with Crippen LogP contribution in [0.25, 0.3) is 11.1 Å². The summed E-state index contributed by atoms with van der Waals surface area (Å²) in [6.45, 7) is 0. The number of nitrogen functional groups attached to an aromatic ring is 1. The second-order valence-corrected chi connectivity index (χ2v) is 6.14. The van der Waals surface area contributed by atoms with E-state index in [0.29, 0.717) is 24.1 Å². The highest BCUT2D eigenvalue weighted by atomic mass is 32.1. The Labute approximate surface area is 121 Å². The van der Waals surface area contributed by atoms with Crippen LogP contribution in [0.5, 0.6) is 0 Å². The van der Waals surface area contributed by atoms with Gasteiger partial charge >= 0.3 is 0 Å². The van der Waals surface area contributed by atoms with E-state index in [1.54, 1.807) is 12.4 Å². The number of nitrogens with one attached hydrogen (secondary N) is 1. The molecule has 2 aromatic heterocycles. The molecule has 0 amide bonds. The minimum Gasteiger partial charge on any atom is -0.382 e. The van der Waals surface area contributed by atoms with Crippen LogP contribution in [0.1, 0.15) is 19.3 Å². The third kappa shape index (κ3) is 1.96. The van der Waals surface area contributed by atoms with Crippen molar-refractivity contribution in [3.63, 3.8) is 0 Å². The Kier molecular flexibility index (Phi) is 2.85. The van der Waals surface area contributed by atoms with Crippen LogP contribution in [-0.2, 0) is 4.74 Å². The van der Waals surface area contributed by atoms with Gasteiger partial charge in [-0.1, -0.05) is 0 Å². The summed E-state index contributed by atoms with van der Waals surface area (Å²) in [6, 6.07) is 4.31. The molecule has 0 aliphatic carbocycles. The summed E-state index contributed by atoms with van der Waals surface area (Å²) in [5, 5.41) is 4.63. The van der Waals surface area contributed by atoms with Gasteiger partial charge in [0.25, 0.3) is 0 Å². The molecule has 4 heterocycles. The summed E-state index contributed by atoms with van der Waals surface area (Å²) in [4.78, 5) is 4.05. The lowest BCUT2D eigenvalue weighted by molar-refractivity contribution is 0.102. The van der Waals surface area contributed by atoms with E-state index in [2.05, 4.69) is 14.7 Å². The summed E-state index contributed by atoms with van der Waals surface area (Å²) in [6.07, 6.45) is 7.76. The molecule has 2 saturated heterocycles. The molecule has 5 nitrogen and oxygen atoms in total. The van der Waals surface area contributed by atoms with Gasteiger partial charge < -0.3 is 15.8 Å². The van der Waals surface area contributed by atoms with Gasteiger partial charge in [0.15, 0.2) is 0 Å². The van der Waals surface area contributed by atoms with Gasteiger partial charge in [0.2, 0.25) is 0 Å². The van der Waals surface area contributed by atoms with Gasteiger partial charge in [0, 0.05) is 12.4 Å². The van der Waals surface area contributed by atoms with E-state index in [1.165, 1.54) is 18.0 Å². The number of ether oxygens (including phenoxy) is 1. The van der Waals surface area contributed by atoms with Gasteiger partial charge in [-0.3, -0.25) is 4.98 Å². The molecule has 0 saturated carbocycles. The van der Waals surface area contributed by atoms with Crippen LogP contribution in [0.2, 0.25) is 0 Å². The Bertz CT molecular complexity index is 615. The van der Waals surface area contributed by atoms with Crippen molar-refractivity contribution in [1.82, 2.24) is 9.36 Å². The molecule has 2 bridgehead atoms. The van der Waals surface area contributed by atoms with Crippen molar-refractivity contribution in [2.24, 2.45) is 0 Å². The van der Waals surface area contributed by atoms with Crippen LogP contribution in [-0.4, -0.2) is 27.6 Å². The van der Waals surface area contributed by atoms with E-state index in [0.717, 1.165) is 29.0 Å². The van der Waals surface area contributed by atoms with Crippen LogP contribution in [0.15, 0.2) is 24.5 Å². The Morgan fingerprint density at radius 2 is 2.15 bits per heavy atom. The molecule has 3 N–H and O–H groups in total. The zero-order valence-corrected chi connectivity index (χ0v) is 11.8. The first kappa shape index (κ1) is 12.1. The molecule has 3 unspecified atom stereocenters. The predicted molar refractivity (Wildman–Crippen MR) is 79.7 cm³/mol. The highest BCUT2D eigenvalue weighted by Crippen LogP contribution is 2.41. The normalized spacial score (nSPS) is 27.9. The van der Waals surface area contributed by atoms with Crippen LogP contribution in [0, 0.1) is 0 Å². The van der Waals surface area contributed by atoms with Crippen molar-refractivity contribution in [2.75, 3.05) is 11.1 Å². The highest BCUT2D eigenvalue weighted by Gasteiger charge is 2.41. The highest BCUT2D eigenvalue weighted by molar-refractivity contribution is 7.11. The molecule has 0 radical (unpaired) electrons. The Morgan fingerprint density at radius 3 is 2.85 bits per heavy atom. The molecule has 2 aromatic rings. The van der Waals surface area contributed by atoms with E-state index in [-0.39, 0.29) is 0 Å². The van der Waals surface area contributed by atoms with E-state index >= 15 is 0 Å². The number of nitrogens with two attached hydrogens (primary N) is 1. The second-order valence-electron chi connectivity index (χ2n) is 5.37. The summed E-state index contributed by atoms with van der Waals surface area (Å²) < 4.78 is 10.2. The van der Waals surface area contributed by atoms with Gasteiger partial charge in [-0.25, -0.2) is 0 Å². The molecule has 0 aromatic carbocycles. The smallest absolute Gasteiger partial charge is 0.147 e. The maximum atomic E-state index is 6.03. The number of fused-ring (bicyclic) bond motifs is 2. The molecule has 104 valence electrons. The topological polar surface area (TPSA) is 73.1 Å². The fourth-order valence-electron chi connectivity index (χ4n) is 3.16. The SMILES string of the molecule is Nc1nsc(NC2CC3CCC2O3)c1-c1ccncc1. The number of nitrogens with zero attached hydrogens (tertiary/aromatic N) is 2. The lowest BCUT2D eigenvalue weighted by Crippen LogP contribution is -2.30. The monoisotopic (exact) mass is 288 g/mol. The number of pyridine rings is 1. The summed E-state index contributed by atoms with van der Waals surface area (Å²) >= 11 is 1.42. The lowest BCUT2D eigenvalue weighted by Gasteiger charge is -2.20. The molecule has 6 heteroatoms. The van der Waals surface area contributed by atoms with Crippen molar-refractivity contribution in [3.8, 4) is 11.1 Å². The number of aromatic nitrogens is 2. The number of hydrogen-bond acceptors (Lipinski definition) is 6. The van der Waals surface area contributed by atoms with Gasteiger partial charge in [-0.15, -0.1) is 0 Å². The standard InChI is InChI=1S/C14H16N4OS/c15-13-12(8-3-5-16-6-4-8)14(20-18-13)17-10-7-9-1-2-11(10)19-9/h3-6,9-11,17H,1-2,7H2,(H2,15,18). The molecular formula is C14H16N4OS. The summed E-state index contributed by atoms with van der Waals surface area (Å²) in [7, 11) is 0. The minimum absolute atomic E-state index is 0.341. The van der Waals surface area contributed by atoms with Crippen LogP contribution in [0.3, 0.4) is 0 Å². The largest absolute Gasteiger partial charge is 0.382 e. The molecule has 20 heavy (non-hydrogen) atoms. The number of anilines is 2. The third-order valence-corrected chi connectivity index (χ3v) is 4.90. The van der Waals surface area contributed by atoms with Crippen molar-refractivity contribution in [1.29, 1.82) is 0 Å². The predicted octanol–water partition coefficient (Wildman–Crippen LogP) is 2.52. The number of rotatable bonds is 3. The first-order valence-corrected chi connectivity index (χ1v) is 7.66. The fraction of sp³-hybridized carbons (Fsp3) is 0.429. The van der Waals surface area contributed by atoms with Crippen LogP contribution >= 0.6 is 11.5 Å². The maximum absolute atomic E-state index is 6.03. The average molecular weight is 288 g/mol. The first-order chi connectivity index (χ1) is 9.81. The minimum atomic E-state index is 0.341. The Hall–Kier alpha value is -1.66. The van der Waals surface area contributed by atoms with Crippen LogP contribution in [0.4, 0.5) is 10.8 Å². The maximum Gasteiger partial charge on any atom is 0.147 e. The Morgan fingerprint density at radius 1 is 1.30 bits per heavy atom. The van der Waals surface area contributed by atoms with E-state index in [4.69, 9.17) is 10.5 Å². The van der Waals surface area contributed by atoms with Gasteiger partial charge in [-0.05, 0) is 48.5 Å². The van der Waals surface area contributed by atoms with E-state index < -0.39 is 0 Å². The van der Waals surface area contributed by atoms with Crippen molar-refractivity contribution in [2.45, 2.75) is 37.5 Å². The van der Waals surface area contributed by atoms with Crippen molar-refractivity contribution >= 4 is 22.4 Å². The van der Waals surface area contributed by atoms with E-state index in [1.807, 2.05) is 12.1 Å². The summed E-state index contributed by atoms with van der Waals surface area (Å²) in [5.41, 5.74) is 8.07. The quantitative estimate of drug-likeness (QED) is 0.908. The zero-order valence-electron chi connectivity index (χ0n) is 11.0. The van der Waals surface area contributed by atoms with Gasteiger partial charge in [0.1, 0.15) is 10.8 Å². The van der Waals surface area contributed by atoms with Gasteiger partial charge in [0.05, 0.1) is 23.8 Å². The molecule has 2 aliphatic heterocycles. The fourth-order valence-corrected chi connectivity index (χ4v) is 3.96. The van der Waals surface area contributed by atoms with Crippen molar-refractivity contribution in [3.05, 3.63) is 24.5 Å². The lowest BCUT2D eigenvalue weighted by atomic mass is 9.95. The third-order valence-electron chi connectivity index (χ3n) is 4.11. The molecule has 2 fully saturated rings. The second kappa shape index (κ2) is 4.71. The van der Waals surface area contributed by atoms with E-state index in [9.17, 15) is 0 Å². The van der Waals surface area contributed by atoms with Crippen LogP contribution < -0.4 is 11.1 Å². The number of hydrogen-bond donors (Lipinski definition) is 2. The molecular weight excluding hydrogens is 272 g/mol. The first-order valence-electron chi connectivity index (χ1n) is 6.89. The molecule has 4 rings (SSSR count). The summed E-state index contributed by atoms with van der Waals surface area (Å²) in [5.74, 6) is 0.577. The molecule has 3 atom stereocenters. The molecule has 2 aliphatic rings. The van der Waals surface area contributed by atoms with Crippen molar-refractivity contribution < 1.29 is 4.74 Å². The zero-order chi connectivity index (χ0) is 13.5. The molecule has 0 spiro atoms. The average Bonchev–Trinajstić information content (AvgIpc) is 3.16.